The normalized spacial score (nSPS) is 12.0. The monoisotopic (exact) mass is 499 g/mol. The molecule has 3 aromatic carbocycles. The van der Waals surface area contributed by atoms with Crippen LogP contribution < -0.4 is 10.4 Å². The Labute approximate surface area is 211 Å². The van der Waals surface area contributed by atoms with E-state index in [1.54, 1.807) is 17.0 Å². The van der Waals surface area contributed by atoms with E-state index in [2.05, 4.69) is 10.2 Å². The topological polar surface area (TPSA) is 56.6 Å². The molecule has 2 aromatic heterocycles. The second kappa shape index (κ2) is 9.74. The number of hydrogen-bond donors (Lipinski definition) is 0. The first-order chi connectivity index (χ1) is 17.1. The third kappa shape index (κ3) is 4.32. The van der Waals surface area contributed by atoms with E-state index >= 15 is 0 Å². The minimum Gasteiger partial charge on any atom is -0.283 e. The van der Waals surface area contributed by atoms with E-state index in [9.17, 15) is 4.79 Å². The van der Waals surface area contributed by atoms with Crippen LogP contribution in [0.3, 0.4) is 0 Å². The Kier molecular flexibility index (Phi) is 6.35. The lowest BCUT2D eigenvalue weighted by molar-refractivity contribution is 0.630. The van der Waals surface area contributed by atoms with Crippen molar-refractivity contribution in [2.75, 3.05) is 0 Å². The summed E-state index contributed by atoms with van der Waals surface area (Å²) < 4.78 is 5.42. The molecule has 0 aliphatic heterocycles. The average Bonchev–Trinajstić information content (AvgIpc) is 3.38. The van der Waals surface area contributed by atoms with Gasteiger partial charge in [-0.2, -0.15) is 5.10 Å². The van der Waals surface area contributed by atoms with Crippen LogP contribution in [0.1, 0.15) is 11.3 Å². The van der Waals surface area contributed by atoms with Crippen LogP contribution >= 0.6 is 22.9 Å². The number of aromatic nitrogens is 3. The molecule has 8 heteroatoms. The van der Waals surface area contributed by atoms with Gasteiger partial charge in [0.05, 0.1) is 23.3 Å². The molecule has 0 atom stereocenters. The lowest BCUT2D eigenvalue weighted by Gasteiger charge is -2.08. The van der Waals surface area contributed by atoms with Crippen molar-refractivity contribution in [3.63, 3.8) is 0 Å². The maximum atomic E-state index is 13.8. The van der Waals surface area contributed by atoms with Crippen molar-refractivity contribution in [3.8, 4) is 22.6 Å². The van der Waals surface area contributed by atoms with Gasteiger partial charge in [-0.05, 0) is 30.7 Å². The van der Waals surface area contributed by atoms with Gasteiger partial charge in [-0.25, -0.2) is 4.68 Å². The van der Waals surface area contributed by atoms with Crippen molar-refractivity contribution in [2.24, 2.45) is 17.3 Å². The molecule has 35 heavy (non-hydrogen) atoms. The van der Waals surface area contributed by atoms with E-state index in [1.807, 2.05) is 107 Å². The minimum atomic E-state index is -0.136. The molecule has 0 amide bonds. The Hall–Kier alpha value is -3.94. The predicted molar refractivity (Wildman–Crippen MR) is 143 cm³/mol. The molecular weight excluding hydrogens is 478 g/mol. The van der Waals surface area contributed by atoms with E-state index in [0.29, 0.717) is 15.5 Å². The fraction of sp³-hybridized carbons (Fsp3) is 0.0741. The molecule has 0 fully saturated rings. The third-order valence-corrected chi connectivity index (χ3v) is 6.93. The molecule has 0 N–H and O–H groups in total. The zero-order valence-corrected chi connectivity index (χ0v) is 20.7. The van der Waals surface area contributed by atoms with Gasteiger partial charge in [0.1, 0.15) is 5.69 Å². The standard InChI is InChI=1S/C27H22ClN5OS/c1-19-25(26(34)33(31(19)2)22-14-7-4-8-15-22)32-24(20-11-5-3-6-12-20)18-35-27(32)30-29-17-21-13-9-10-16-23(21)28/h3-18H,1-2H3/b29-17+,30-27+. The van der Waals surface area contributed by atoms with Crippen LogP contribution in [0.25, 0.3) is 22.6 Å². The molecule has 0 aliphatic carbocycles. The van der Waals surface area contributed by atoms with Crippen LogP contribution in [0.4, 0.5) is 0 Å². The van der Waals surface area contributed by atoms with Crippen molar-refractivity contribution in [1.29, 1.82) is 0 Å². The number of hydrogen-bond acceptors (Lipinski definition) is 4. The van der Waals surface area contributed by atoms with Gasteiger partial charge in [-0.1, -0.05) is 78.3 Å². The van der Waals surface area contributed by atoms with Crippen molar-refractivity contribution in [2.45, 2.75) is 6.92 Å². The summed E-state index contributed by atoms with van der Waals surface area (Å²) >= 11 is 7.68. The largest absolute Gasteiger partial charge is 0.296 e. The second-order valence-corrected chi connectivity index (χ2v) is 9.12. The summed E-state index contributed by atoms with van der Waals surface area (Å²) in [6.45, 7) is 1.94. The molecule has 0 spiro atoms. The fourth-order valence-electron chi connectivity index (χ4n) is 3.94. The summed E-state index contributed by atoms with van der Waals surface area (Å²) in [6, 6.07) is 27.0. The van der Waals surface area contributed by atoms with Gasteiger partial charge in [0.2, 0.25) is 4.80 Å². The Morgan fingerprint density at radius 3 is 2.29 bits per heavy atom. The molecule has 0 saturated heterocycles. The maximum absolute atomic E-state index is 13.8. The predicted octanol–water partition coefficient (Wildman–Crippen LogP) is 5.59. The third-order valence-electron chi connectivity index (χ3n) is 5.77. The smallest absolute Gasteiger partial charge is 0.283 e. The molecule has 5 aromatic rings. The number of halogens is 1. The first-order valence-corrected chi connectivity index (χ1v) is 12.2. The summed E-state index contributed by atoms with van der Waals surface area (Å²) in [5.41, 5.74) is 4.62. The number of benzene rings is 3. The second-order valence-electron chi connectivity index (χ2n) is 7.88. The minimum absolute atomic E-state index is 0.136. The van der Waals surface area contributed by atoms with E-state index in [0.717, 1.165) is 28.2 Å². The number of thiazole rings is 1. The molecule has 5 rings (SSSR count). The summed E-state index contributed by atoms with van der Waals surface area (Å²) in [5, 5.41) is 11.4. The summed E-state index contributed by atoms with van der Waals surface area (Å²) in [7, 11) is 1.88. The SMILES string of the molecule is Cc1c(-n2c(-c3ccccc3)cs/c2=N/N=C/c2ccccc2Cl)c(=O)n(-c2ccccc2)n1C. The zero-order chi connectivity index (χ0) is 24.4. The molecule has 174 valence electrons. The van der Waals surface area contributed by atoms with Crippen molar-refractivity contribution >= 4 is 29.2 Å². The molecule has 2 heterocycles. The quantitative estimate of drug-likeness (QED) is 0.229. The highest BCUT2D eigenvalue weighted by molar-refractivity contribution is 7.07. The molecule has 0 saturated carbocycles. The van der Waals surface area contributed by atoms with E-state index in [4.69, 9.17) is 11.6 Å². The molecule has 0 bridgehead atoms. The average molecular weight is 500 g/mol. The van der Waals surface area contributed by atoms with Crippen molar-refractivity contribution in [1.82, 2.24) is 13.9 Å². The summed E-state index contributed by atoms with van der Waals surface area (Å²) in [4.78, 5) is 14.4. The van der Waals surface area contributed by atoms with Crippen LogP contribution in [0.15, 0.2) is 105 Å². The maximum Gasteiger partial charge on any atom is 0.296 e. The Bertz CT molecular complexity index is 1640. The lowest BCUT2D eigenvalue weighted by Crippen LogP contribution is -2.24. The Balaban J connectivity index is 1.74. The van der Waals surface area contributed by atoms with Crippen molar-refractivity contribution < 1.29 is 0 Å². The van der Waals surface area contributed by atoms with Gasteiger partial charge >= 0.3 is 0 Å². The first kappa shape index (κ1) is 22.8. The van der Waals surface area contributed by atoms with Crippen LogP contribution in [0.5, 0.6) is 0 Å². The molecular formula is C27H22ClN5OS. The van der Waals surface area contributed by atoms with Crippen LogP contribution in [0.2, 0.25) is 5.02 Å². The highest BCUT2D eigenvalue weighted by atomic mass is 35.5. The van der Waals surface area contributed by atoms with Gasteiger partial charge < -0.3 is 0 Å². The van der Waals surface area contributed by atoms with Crippen molar-refractivity contribution in [3.05, 3.63) is 122 Å². The lowest BCUT2D eigenvalue weighted by atomic mass is 10.1. The highest BCUT2D eigenvalue weighted by Gasteiger charge is 2.21. The van der Waals surface area contributed by atoms with Gasteiger partial charge in [0.25, 0.3) is 5.56 Å². The molecule has 0 unspecified atom stereocenters. The summed E-state index contributed by atoms with van der Waals surface area (Å²) in [5.74, 6) is 0. The highest BCUT2D eigenvalue weighted by Crippen LogP contribution is 2.24. The van der Waals surface area contributed by atoms with Crippen LogP contribution in [0, 0.1) is 6.92 Å². The van der Waals surface area contributed by atoms with Gasteiger partial charge in [0, 0.05) is 23.0 Å². The molecule has 0 radical (unpaired) electrons. The van der Waals surface area contributed by atoms with E-state index in [-0.39, 0.29) is 5.56 Å². The van der Waals surface area contributed by atoms with Gasteiger partial charge in [0.15, 0.2) is 0 Å². The van der Waals surface area contributed by atoms with Gasteiger partial charge in [-0.3, -0.25) is 14.0 Å². The van der Waals surface area contributed by atoms with E-state index < -0.39 is 0 Å². The van der Waals surface area contributed by atoms with Crippen LogP contribution in [-0.2, 0) is 7.05 Å². The Morgan fingerprint density at radius 2 is 1.57 bits per heavy atom. The van der Waals surface area contributed by atoms with Crippen LogP contribution in [-0.4, -0.2) is 20.1 Å². The molecule has 0 aliphatic rings. The summed E-state index contributed by atoms with van der Waals surface area (Å²) in [6.07, 6.45) is 1.62. The van der Waals surface area contributed by atoms with Gasteiger partial charge in [-0.15, -0.1) is 16.4 Å². The number of rotatable bonds is 5. The first-order valence-electron chi connectivity index (χ1n) is 11.0. The zero-order valence-electron chi connectivity index (χ0n) is 19.2. The Morgan fingerprint density at radius 1 is 0.914 bits per heavy atom. The number of nitrogens with zero attached hydrogens (tertiary/aromatic N) is 5. The van der Waals surface area contributed by atoms with E-state index in [1.165, 1.54) is 11.3 Å². The molecule has 6 nitrogen and oxygen atoms in total. The fourth-order valence-corrected chi connectivity index (χ4v) is 4.97. The number of para-hydroxylation sites is 1.